The van der Waals surface area contributed by atoms with Crippen LogP contribution in [0.15, 0.2) is 9.79 Å². The second-order valence-electron chi connectivity index (χ2n) is 2.77. The van der Waals surface area contributed by atoms with Gasteiger partial charge >= 0.3 is 0 Å². The van der Waals surface area contributed by atoms with Crippen molar-refractivity contribution in [3.8, 4) is 0 Å². The maximum Gasteiger partial charge on any atom is 0.0697 e. The summed E-state index contributed by atoms with van der Waals surface area (Å²) in [6.07, 6.45) is 0. The van der Waals surface area contributed by atoms with Gasteiger partial charge in [0, 0.05) is 9.79 Å². The van der Waals surface area contributed by atoms with Gasteiger partial charge in [-0.2, -0.15) is 0 Å². The van der Waals surface area contributed by atoms with Crippen LogP contribution >= 0.6 is 25.3 Å². The van der Waals surface area contributed by atoms with Crippen molar-refractivity contribution < 1.29 is 0 Å². The van der Waals surface area contributed by atoms with E-state index in [4.69, 9.17) is 11.5 Å². The molecule has 0 fully saturated rings. The fourth-order valence-corrected chi connectivity index (χ4v) is 1.59. The van der Waals surface area contributed by atoms with Crippen LogP contribution in [0.2, 0.25) is 0 Å². The maximum absolute atomic E-state index is 5.74. The van der Waals surface area contributed by atoms with E-state index < -0.39 is 0 Å². The molecule has 0 heterocycles. The predicted molar refractivity (Wildman–Crippen MR) is 70.6 cm³/mol. The van der Waals surface area contributed by atoms with Crippen molar-refractivity contribution in [2.75, 3.05) is 11.5 Å². The van der Waals surface area contributed by atoms with Gasteiger partial charge in [0.05, 0.1) is 11.4 Å². The van der Waals surface area contributed by atoms with E-state index in [1.54, 1.807) is 0 Å². The molecule has 0 aliphatic heterocycles. The Labute approximate surface area is 96.9 Å². The van der Waals surface area contributed by atoms with Gasteiger partial charge in [-0.1, -0.05) is 13.8 Å². The van der Waals surface area contributed by atoms with Gasteiger partial charge in [0.2, 0.25) is 0 Å². The standard InChI is InChI=1S/C8H12N2S2.C2H6/c1-3-4(2)7(11)8(12)6(10)5(3)9;1-2/h11-12H,9-10H2,1-2H3;1-2H3. The Morgan fingerprint density at radius 2 is 1.21 bits per heavy atom. The summed E-state index contributed by atoms with van der Waals surface area (Å²) in [5.41, 5.74) is 14.6. The molecule has 0 unspecified atom stereocenters. The highest BCUT2D eigenvalue weighted by atomic mass is 32.1. The van der Waals surface area contributed by atoms with Gasteiger partial charge in [-0.15, -0.1) is 25.3 Å². The first-order chi connectivity index (χ1) is 6.46. The van der Waals surface area contributed by atoms with E-state index in [1.165, 1.54) is 0 Å². The molecule has 1 aromatic carbocycles. The summed E-state index contributed by atoms with van der Waals surface area (Å²) in [4.78, 5) is 1.47. The Kier molecular flexibility index (Phi) is 5.23. The van der Waals surface area contributed by atoms with Crippen LogP contribution in [0.25, 0.3) is 0 Å². The molecule has 0 saturated heterocycles. The Morgan fingerprint density at radius 1 is 0.786 bits per heavy atom. The van der Waals surface area contributed by atoms with Crippen LogP contribution in [0.1, 0.15) is 25.0 Å². The first-order valence-corrected chi connectivity index (χ1v) is 5.42. The molecule has 0 saturated carbocycles. The predicted octanol–water partition coefficient (Wildman–Crippen LogP) is 3.07. The maximum atomic E-state index is 5.74. The lowest BCUT2D eigenvalue weighted by atomic mass is 10.1. The average molecular weight is 230 g/mol. The van der Waals surface area contributed by atoms with E-state index in [0.29, 0.717) is 16.3 Å². The molecule has 2 nitrogen and oxygen atoms in total. The van der Waals surface area contributed by atoms with Crippen molar-refractivity contribution in [3.63, 3.8) is 0 Å². The topological polar surface area (TPSA) is 52.0 Å². The van der Waals surface area contributed by atoms with Crippen LogP contribution in [-0.2, 0) is 0 Å². The van der Waals surface area contributed by atoms with E-state index in [2.05, 4.69) is 25.3 Å². The molecule has 0 aromatic heterocycles. The summed E-state index contributed by atoms with van der Waals surface area (Å²) in [7, 11) is 0. The molecule has 0 atom stereocenters. The zero-order valence-corrected chi connectivity index (χ0v) is 10.8. The number of nitrogens with two attached hydrogens (primary N) is 2. The second kappa shape index (κ2) is 5.41. The van der Waals surface area contributed by atoms with Gasteiger partial charge in [0.1, 0.15) is 0 Å². The molecule has 4 heteroatoms. The lowest BCUT2D eigenvalue weighted by molar-refractivity contribution is 1.15. The monoisotopic (exact) mass is 230 g/mol. The Bertz CT molecular complexity index is 230. The van der Waals surface area contributed by atoms with Crippen LogP contribution in [0.4, 0.5) is 11.4 Å². The molecule has 0 amide bonds. The quantitative estimate of drug-likeness (QED) is 0.409. The number of rotatable bonds is 0. The molecule has 4 N–H and O–H groups in total. The molecule has 14 heavy (non-hydrogen) atoms. The summed E-state index contributed by atoms with van der Waals surface area (Å²) in [5.74, 6) is 0. The summed E-state index contributed by atoms with van der Waals surface area (Å²) in [6.45, 7) is 7.88. The Hall–Kier alpha value is -0.480. The van der Waals surface area contributed by atoms with Crippen molar-refractivity contribution in [1.82, 2.24) is 0 Å². The van der Waals surface area contributed by atoms with Crippen LogP contribution < -0.4 is 11.5 Å². The minimum Gasteiger partial charge on any atom is -0.397 e. The minimum atomic E-state index is 0.520. The smallest absolute Gasteiger partial charge is 0.0697 e. The molecular weight excluding hydrogens is 212 g/mol. The van der Waals surface area contributed by atoms with Gasteiger partial charge in [-0.25, -0.2) is 0 Å². The van der Waals surface area contributed by atoms with Gasteiger partial charge in [0.25, 0.3) is 0 Å². The minimum absolute atomic E-state index is 0.520. The van der Waals surface area contributed by atoms with Crippen LogP contribution in [0, 0.1) is 13.8 Å². The lowest BCUT2D eigenvalue weighted by Gasteiger charge is -2.13. The molecule has 0 radical (unpaired) electrons. The third-order valence-corrected chi connectivity index (χ3v) is 3.29. The zero-order valence-electron chi connectivity index (χ0n) is 9.05. The second-order valence-corrected chi connectivity index (χ2v) is 3.67. The number of hydrogen-bond donors (Lipinski definition) is 4. The van der Waals surface area contributed by atoms with E-state index in [1.807, 2.05) is 27.7 Å². The summed E-state index contributed by atoms with van der Waals surface area (Å²) >= 11 is 8.50. The number of nitrogen functional groups attached to an aromatic ring is 2. The van der Waals surface area contributed by atoms with Crippen molar-refractivity contribution in [2.45, 2.75) is 37.5 Å². The molecule has 0 spiro atoms. The summed E-state index contributed by atoms with van der Waals surface area (Å²) < 4.78 is 0. The van der Waals surface area contributed by atoms with Crippen molar-refractivity contribution in [2.24, 2.45) is 0 Å². The first-order valence-electron chi connectivity index (χ1n) is 4.52. The first kappa shape index (κ1) is 13.5. The van der Waals surface area contributed by atoms with E-state index in [0.717, 1.165) is 16.0 Å². The third kappa shape index (κ3) is 2.30. The van der Waals surface area contributed by atoms with Gasteiger partial charge in [-0.05, 0) is 25.0 Å². The van der Waals surface area contributed by atoms with Gasteiger partial charge in [0.15, 0.2) is 0 Å². The van der Waals surface area contributed by atoms with E-state index >= 15 is 0 Å². The van der Waals surface area contributed by atoms with Crippen LogP contribution in [-0.4, -0.2) is 0 Å². The molecule has 1 aromatic rings. The SMILES string of the molecule is CC.Cc1c(C)c(S)c(S)c(N)c1N. The molecule has 0 aliphatic rings. The van der Waals surface area contributed by atoms with Crippen molar-refractivity contribution in [1.29, 1.82) is 0 Å². The molecule has 80 valence electrons. The number of benzene rings is 1. The highest BCUT2D eigenvalue weighted by molar-refractivity contribution is 7.83. The Morgan fingerprint density at radius 3 is 1.64 bits per heavy atom. The third-order valence-electron chi connectivity index (χ3n) is 2.09. The van der Waals surface area contributed by atoms with Crippen molar-refractivity contribution >= 4 is 36.6 Å². The van der Waals surface area contributed by atoms with E-state index in [9.17, 15) is 0 Å². The van der Waals surface area contributed by atoms with E-state index in [-0.39, 0.29) is 0 Å². The van der Waals surface area contributed by atoms with Crippen LogP contribution in [0.3, 0.4) is 0 Å². The fourth-order valence-electron chi connectivity index (χ4n) is 1.01. The lowest BCUT2D eigenvalue weighted by Crippen LogP contribution is -2.01. The zero-order chi connectivity index (χ0) is 11.5. The molecule has 0 bridgehead atoms. The molecule has 0 aliphatic carbocycles. The molecule has 1 rings (SSSR count). The summed E-state index contributed by atoms with van der Waals surface area (Å²) in [6, 6.07) is 0. The fraction of sp³-hybridized carbons (Fsp3) is 0.400. The Balaban J connectivity index is 0.000000791. The number of thiol groups is 2. The summed E-state index contributed by atoms with van der Waals surface area (Å²) in [5, 5.41) is 0. The number of anilines is 2. The normalized spacial score (nSPS) is 9.29. The van der Waals surface area contributed by atoms with Crippen LogP contribution in [0.5, 0.6) is 0 Å². The number of hydrogen-bond acceptors (Lipinski definition) is 4. The average Bonchev–Trinajstić information content (AvgIpc) is 2.24. The molecular formula is C10H18N2S2. The van der Waals surface area contributed by atoms with Gasteiger partial charge in [-0.3, -0.25) is 0 Å². The highest BCUT2D eigenvalue weighted by Gasteiger charge is 2.10. The highest BCUT2D eigenvalue weighted by Crippen LogP contribution is 2.35. The van der Waals surface area contributed by atoms with Gasteiger partial charge < -0.3 is 11.5 Å². The largest absolute Gasteiger partial charge is 0.397 e. The van der Waals surface area contributed by atoms with Crippen molar-refractivity contribution in [3.05, 3.63) is 11.1 Å².